The van der Waals surface area contributed by atoms with Crippen molar-refractivity contribution in [3.05, 3.63) is 53.9 Å². The first-order valence-corrected chi connectivity index (χ1v) is 6.22. The van der Waals surface area contributed by atoms with Crippen molar-refractivity contribution in [3.63, 3.8) is 0 Å². The van der Waals surface area contributed by atoms with Gasteiger partial charge in [-0.2, -0.15) is 0 Å². The van der Waals surface area contributed by atoms with Gasteiger partial charge in [-0.3, -0.25) is 4.79 Å². The number of hydrogen-bond donors (Lipinski definition) is 3. The van der Waals surface area contributed by atoms with E-state index in [1.54, 1.807) is 12.4 Å². The molecule has 0 saturated carbocycles. The van der Waals surface area contributed by atoms with Crippen LogP contribution in [0.15, 0.2) is 42.7 Å². The average Bonchev–Trinajstić information content (AvgIpc) is 2.46. The first kappa shape index (κ1) is 14.0. The number of nitrogens with one attached hydrogen (secondary N) is 1. The summed E-state index contributed by atoms with van der Waals surface area (Å²) >= 11 is 0. The van der Waals surface area contributed by atoms with E-state index in [-0.39, 0.29) is 6.42 Å². The molecule has 0 radical (unpaired) electrons. The molecule has 104 valence electrons. The summed E-state index contributed by atoms with van der Waals surface area (Å²) in [4.78, 5) is 18.8. The molecular weight excluding hydrogens is 256 g/mol. The second-order valence-electron chi connectivity index (χ2n) is 4.38. The summed E-state index contributed by atoms with van der Waals surface area (Å²) in [6.45, 7) is 0.626. The third-order valence-electron chi connectivity index (χ3n) is 2.79. The lowest BCUT2D eigenvalue weighted by atomic mass is 10.1. The molecule has 0 aliphatic heterocycles. The molecule has 2 aromatic rings. The van der Waals surface area contributed by atoms with Crippen LogP contribution < -0.4 is 11.1 Å². The number of nitrogens with two attached hydrogens (primary N) is 1. The van der Waals surface area contributed by atoms with Crippen LogP contribution in [0.3, 0.4) is 0 Å². The molecule has 1 unspecified atom stereocenters. The third kappa shape index (κ3) is 4.03. The first-order valence-electron chi connectivity index (χ1n) is 6.22. The van der Waals surface area contributed by atoms with Crippen LogP contribution >= 0.6 is 0 Å². The Hall–Kier alpha value is -2.47. The van der Waals surface area contributed by atoms with Crippen LogP contribution in [0.4, 0.5) is 5.95 Å². The average molecular weight is 272 g/mol. The number of nitrogens with zero attached hydrogens (tertiary/aromatic N) is 2. The Labute approximate surface area is 116 Å². The molecule has 0 bridgehead atoms. The van der Waals surface area contributed by atoms with Gasteiger partial charge < -0.3 is 16.2 Å². The quantitative estimate of drug-likeness (QED) is 0.737. The lowest BCUT2D eigenvalue weighted by molar-refractivity contribution is -0.137. The maximum atomic E-state index is 10.6. The molecule has 0 fully saturated rings. The van der Waals surface area contributed by atoms with Crippen LogP contribution in [-0.2, 0) is 11.3 Å². The van der Waals surface area contributed by atoms with Gasteiger partial charge >= 0.3 is 5.97 Å². The van der Waals surface area contributed by atoms with Gasteiger partial charge in [-0.05, 0) is 5.56 Å². The number of benzene rings is 1. The zero-order valence-electron chi connectivity index (χ0n) is 10.9. The van der Waals surface area contributed by atoms with Crippen LogP contribution in [0.25, 0.3) is 0 Å². The van der Waals surface area contributed by atoms with Crippen molar-refractivity contribution in [2.75, 3.05) is 5.32 Å². The van der Waals surface area contributed by atoms with E-state index in [1.165, 1.54) is 0 Å². The van der Waals surface area contributed by atoms with Gasteiger partial charge in [0.05, 0.1) is 6.42 Å². The number of anilines is 1. The van der Waals surface area contributed by atoms with Crippen molar-refractivity contribution in [1.82, 2.24) is 9.97 Å². The summed E-state index contributed by atoms with van der Waals surface area (Å²) < 4.78 is 0. The fraction of sp³-hybridized carbons (Fsp3) is 0.214. The van der Waals surface area contributed by atoms with Crippen LogP contribution in [0.1, 0.15) is 23.6 Å². The minimum absolute atomic E-state index is 0.139. The molecule has 2 rings (SSSR count). The Bertz CT molecular complexity index is 557. The number of carboxylic acids is 1. The van der Waals surface area contributed by atoms with Gasteiger partial charge in [0.2, 0.25) is 5.95 Å². The molecule has 0 aliphatic carbocycles. The molecule has 1 aromatic carbocycles. The number of aromatic nitrogens is 2. The summed E-state index contributed by atoms with van der Waals surface area (Å²) in [7, 11) is 0. The van der Waals surface area contributed by atoms with E-state index in [9.17, 15) is 4.79 Å². The second kappa shape index (κ2) is 6.63. The van der Waals surface area contributed by atoms with E-state index < -0.39 is 12.0 Å². The lowest BCUT2D eigenvalue weighted by Crippen LogP contribution is -2.16. The largest absolute Gasteiger partial charge is 0.481 e. The highest BCUT2D eigenvalue weighted by molar-refractivity contribution is 5.67. The van der Waals surface area contributed by atoms with Gasteiger partial charge in [-0.15, -0.1) is 0 Å². The van der Waals surface area contributed by atoms with Crippen LogP contribution in [0.5, 0.6) is 0 Å². The van der Waals surface area contributed by atoms with Gasteiger partial charge in [0.1, 0.15) is 0 Å². The van der Waals surface area contributed by atoms with Gasteiger partial charge in [0.25, 0.3) is 0 Å². The van der Waals surface area contributed by atoms with Gasteiger partial charge in [-0.1, -0.05) is 30.3 Å². The predicted molar refractivity (Wildman–Crippen MR) is 75.0 cm³/mol. The SMILES string of the molecule is NC(CC(=O)O)c1cnc(NCc2ccccc2)nc1. The highest BCUT2D eigenvalue weighted by atomic mass is 16.4. The number of rotatable bonds is 6. The van der Waals surface area contributed by atoms with E-state index in [1.807, 2.05) is 30.3 Å². The molecule has 0 saturated heterocycles. The minimum Gasteiger partial charge on any atom is -0.481 e. The van der Waals surface area contributed by atoms with Gasteiger partial charge in [-0.25, -0.2) is 9.97 Å². The van der Waals surface area contributed by atoms with Crippen molar-refractivity contribution >= 4 is 11.9 Å². The Morgan fingerprint density at radius 1 is 1.25 bits per heavy atom. The molecule has 6 heteroatoms. The maximum Gasteiger partial charge on any atom is 0.305 e. The monoisotopic (exact) mass is 272 g/mol. The molecule has 1 aromatic heterocycles. The zero-order chi connectivity index (χ0) is 14.4. The van der Waals surface area contributed by atoms with Gasteiger partial charge in [0.15, 0.2) is 0 Å². The molecule has 6 nitrogen and oxygen atoms in total. The minimum atomic E-state index is -0.941. The number of hydrogen-bond acceptors (Lipinski definition) is 5. The first-order chi connectivity index (χ1) is 9.65. The van der Waals surface area contributed by atoms with Crippen LogP contribution in [0, 0.1) is 0 Å². The number of carbonyl (C=O) groups is 1. The second-order valence-corrected chi connectivity index (χ2v) is 4.38. The van der Waals surface area contributed by atoms with E-state index in [0.29, 0.717) is 18.1 Å². The maximum absolute atomic E-state index is 10.6. The van der Waals surface area contributed by atoms with E-state index in [2.05, 4.69) is 15.3 Å². The Morgan fingerprint density at radius 3 is 2.50 bits per heavy atom. The lowest BCUT2D eigenvalue weighted by Gasteiger charge is -2.09. The zero-order valence-corrected chi connectivity index (χ0v) is 10.9. The van der Waals surface area contributed by atoms with Crippen molar-refractivity contribution in [2.45, 2.75) is 19.0 Å². The van der Waals surface area contributed by atoms with E-state index in [0.717, 1.165) is 5.56 Å². The third-order valence-corrected chi connectivity index (χ3v) is 2.79. The molecule has 0 spiro atoms. The molecule has 20 heavy (non-hydrogen) atoms. The van der Waals surface area contributed by atoms with Crippen LogP contribution in [-0.4, -0.2) is 21.0 Å². The Kier molecular flexibility index (Phi) is 4.62. The number of carboxylic acid groups (broad SMARTS) is 1. The van der Waals surface area contributed by atoms with Crippen LogP contribution in [0.2, 0.25) is 0 Å². The van der Waals surface area contributed by atoms with E-state index in [4.69, 9.17) is 10.8 Å². The fourth-order valence-corrected chi connectivity index (χ4v) is 1.70. The van der Waals surface area contributed by atoms with Crippen molar-refractivity contribution < 1.29 is 9.90 Å². The standard InChI is InChI=1S/C14H16N4O2/c15-12(6-13(19)20)11-8-17-14(18-9-11)16-7-10-4-2-1-3-5-10/h1-5,8-9,12H,6-7,15H2,(H,19,20)(H,16,17,18). The topological polar surface area (TPSA) is 101 Å². The molecule has 1 heterocycles. The van der Waals surface area contributed by atoms with Gasteiger partial charge in [0, 0.05) is 30.5 Å². The normalized spacial score (nSPS) is 11.8. The molecule has 4 N–H and O–H groups in total. The fourth-order valence-electron chi connectivity index (χ4n) is 1.70. The number of aliphatic carboxylic acids is 1. The Balaban J connectivity index is 1.93. The van der Waals surface area contributed by atoms with Crippen molar-refractivity contribution in [3.8, 4) is 0 Å². The highest BCUT2D eigenvalue weighted by Gasteiger charge is 2.11. The van der Waals surface area contributed by atoms with Crippen molar-refractivity contribution in [2.24, 2.45) is 5.73 Å². The molecule has 1 atom stereocenters. The molecular formula is C14H16N4O2. The van der Waals surface area contributed by atoms with E-state index >= 15 is 0 Å². The van der Waals surface area contributed by atoms with Crippen molar-refractivity contribution in [1.29, 1.82) is 0 Å². The Morgan fingerprint density at radius 2 is 1.90 bits per heavy atom. The molecule has 0 amide bonds. The highest BCUT2D eigenvalue weighted by Crippen LogP contribution is 2.13. The smallest absolute Gasteiger partial charge is 0.305 e. The summed E-state index contributed by atoms with van der Waals surface area (Å²) in [5.41, 5.74) is 7.47. The summed E-state index contributed by atoms with van der Waals surface area (Å²) in [5.74, 6) is -0.455. The summed E-state index contributed by atoms with van der Waals surface area (Å²) in [6, 6.07) is 9.31. The molecule has 0 aliphatic rings. The summed E-state index contributed by atoms with van der Waals surface area (Å²) in [6.07, 6.45) is 2.96. The summed E-state index contributed by atoms with van der Waals surface area (Å²) in [5, 5.41) is 11.8. The predicted octanol–water partition coefficient (Wildman–Crippen LogP) is 1.56.